The van der Waals surface area contributed by atoms with Gasteiger partial charge in [0.2, 0.25) is 5.95 Å². The highest BCUT2D eigenvalue weighted by atomic mass is 31.2. The van der Waals surface area contributed by atoms with Crippen molar-refractivity contribution in [2.45, 2.75) is 37.0 Å². The number of phosphoric acid groups is 1. The molecule has 4 rings (SSSR count). The number of carboxylic acids is 2. The molecule has 0 saturated carbocycles. The van der Waals surface area contributed by atoms with Crippen molar-refractivity contribution in [2.75, 3.05) is 12.3 Å². The second-order valence-electron chi connectivity index (χ2n) is 7.60. The number of carbonyl (C=O) groups is 2. The van der Waals surface area contributed by atoms with Gasteiger partial charge in [-0.15, -0.1) is 0 Å². The molecule has 3 aromatic rings. The third-order valence-electron chi connectivity index (χ3n) is 4.69. The van der Waals surface area contributed by atoms with Crippen LogP contribution in [0.25, 0.3) is 11.2 Å². The lowest BCUT2D eigenvalue weighted by molar-refractivity contribution is -0.144. The highest BCUT2D eigenvalue weighted by Gasteiger charge is 2.45. The highest BCUT2D eigenvalue weighted by Crippen LogP contribution is 2.38. The summed E-state index contributed by atoms with van der Waals surface area (Å²) in [7, 11) is -4.76. The van der Waals surface area contributed by atoms with Crippen molar-refractivity contribution in [3.05, 3.63) is 35.1 Å². The number of anilines is 1. The molecule has 3 aromatic heterocycles. The minimum atomic E-state index is -4.76. The number of furan rings is 1. The summed E-state index contributed by atoms with van der Waals surface area (Å²) in [5.74, 6) is -2.71. The van der Waals surface area contributed by atoms with Crippen molar-refractivity contribution in [2.24, 2.45) is 5.73 Å². The number of imidazole rings is 1. The summed E-state index contributed by atoms with van der Waals surface area (Å²) < 4.78 is 26.0. The van der Waals surface area contributed by atoms with Crippen LogP contribution in [-0.4, -0.2) is 97.7 Å². The zero-order valence-electron chi connectivity index (χ0n) is 19.5. The molecule has 0 spiro atoms. The number of rotatable bonds is 7. The number of nitrogens with zero attached hydrogens (tertiary/aromatic N) is 3. The number of hydrogen-bond acceptors (Lipinski definition) is 14. The summed E-state index contributed by atoms with van der Waals surface area (Å²) in [6.45, 7) is -0.651. The number of aromatic hydroxyl groups is 1. The Morgan fingerprint density at radius 3 is 2.38 bits per heavy atom. The van der Waals surface area contributed by atoms with Crippen LogP contribution in [-0.2, 0) is 23.4 Å². The number of nitrogen functional groups attached to an aromatic ring is 1. The number of hydrogen-bond donors (Lipinski definition) is 10. The highest BCUT2D eigenvalue weighted by molar-refractivity contribution is 7.46. The SMILES string of the molecule is N[C@@H](CC(=O)O)C(=O)O.Nc1nc2c(ncn2[C@@H]2O[C@H](COP(=O)(O)O)[C@@H](O)[C@H]2O)c(=O)[nH]1.Oc1ccco1. The van der Waals surface area contributed by atoms with Crippen LogP contribution in [0.4, 0.5) is 5.95 Å². The molecular formula is C18H25N6O14P. The molecule has 39 heavy (non-hydrogen) atoms. The maximum atomic E-state index is 11.7. The van der Waals surface area contributed by atoms with Crippen molar-refractivity contribution >= 4 is 36.9 Å². The smallest absolute Gasteiger partial charge is 0.469 e. The largest absolute Gasteiger partial charge is 0.481 e. The first kappa shape index (κ1) is 31.3. The van der Waals surface area contributed by atoms with Crippen LogP contribution in [0.2, 0.25) is 0 Å². The van der Waals surface area contributed by atoms with Crippen molar-refractivity contribution in [1.82, 2.24) is 19.5 Å². The summed E-state index contributed by atoms with van der Waals surface area (Å²) >= 11 is 0. The monoisotopic (exact) mass is 580 g/mol. The zero-order valence-corrected chi connectivity index (χ0v) is 20.4. The second kappa shape index (κ2) is 13.3. The first-order valence-electron chi connectivity index (χ1n) is 10.5. The van der Waals surface area contributed by atoms with Gasteiger partial charge in [0.15, 0.2) is 17.4 Å². The third-order valence-corrected chi connectivity index (χ3v) is 5.17. The van der Waals surface area contributed by atoms with Crippen LogP contribution in [0, 0.1) is 0 Å². The molecular weight excluding hydrogens is 555 g/mol. The van der Waals surface area contributed by atoms with Gasteiger partial charge in [0.05, 0.1) is 25.6 Å². The van der Waals surface area contributed by atoms with E-state index in [-0.39, 0.29) is 23.1 Å². The lowest BCUT2D eigenvalue weighted by Crippen LogP contribution is -2.33. The quantitative estimate of drug-likeness (QED) is 0.127. The van der Waals surface area contributed by atoms with Crippen LogP contribution in [0.5, 0.6) is 5.95 Å². The van der Waals surface area contributed by atoms with Gasteiger partial charge < -0.3 is 55.9 Å². The van der Waals surface area contributed by atoms with E-state index in [9.17, 15) is 29.2 Å². The molecule has 4 heterocycles. The van der Waals surface area contributed by atoms with Gasteiger partial charge in [0.25, 0.3) is 11.5 Å². The molecule has 1 aliphatic rings. The second-order valence-corrected chi connectivity index (χ2v) is 8.84. The number of H-pyrrole nitrogens is 1. The molecule has 5 atom stereocenters. The molecule has 0 radical (unpaired) electrons. The van der Waals surface area contributed by atoms with Gasteiger partial charge >= 0.3 is 19.8 Å². The van der Waals surface area contributed by atoms with Crippen molar-refractivity contribution in [3.63, 3.8) is 0 Å². The summed E-state index contributed by atoms with van der Waals surface area (Å²) in [5.41, 5.74) is 9.68. The van der Waals surface area contributed by atoms with Crippen LogP contribution in [0.15, 0.2) is 33.9 Å². The van der Waals surface area contributed by atoms with Gasteiger partial charge in [-0.1, -0.05) is 0 Å². The maximum absolute atomic E-state index is 11.7. The fraction of sp³-hybridized carbons (Fsp3) is 0.389. The number of fused-ring (bicyclic) bond motifs is 1. The third kappa shape index (κ3) is 9.12. The molecule has 1 aliphatic heterocycles. The Morgan fingerprint density at radius 2 is 1.92 bits per heavy atom. The van der Waals surface area contributed by atoms with Crippen molar-refractivity contribution < 1.29 is 63.2 Å². The summed E-state index contributed by atoms with van der Waals surface area (Å²) in [5, 5.41) is 44.4. The summed E-state index contributed by atoms with van der Waals surface area (Å²) in [6, 6.07) is 1.80. The van der Waals surface area contributed by atoms with E-state index < -0.39 is 68.9 Å². The molecule has 216 valence electrons. The van der Waals surface area contributed by atoms with Gasteiger partial charge in [-0.05, 0) is 6.07 Å². The molecule has 0 bridgehead atoms. The Morgan fingerprint density at radius 1 is 1.26 bits per heavy atom. The number of nitrogens with two attached hydrogens (primary N) is 2. The molecule has 20 nitrogen and oxygen atoms in total. The van der Waals surface area contributed by atoms with E-state index in [1.807, 2.05) is 0 Å². The average molecular weight is 580 g/mol. The van der Waals surface area contributed by atoms with E-state index in [0.717, 1.165) is 0 Å². The van der Waals surface area contributed by atoms with E-state index in [1.54, 1.807) is 6.07 Å². The van der Waals surface area contributed by atoms with Crippen LogP contribution < -0.4 is 17.0 Å². The van der Waals surface area contributed by atoms with Gasteiger partial charge in [0, 0.05) is 6.07 Å². The minimum absolute atomic E-state index is 0.0176. The standard InChI is InChI=1S/C10H14N5O8P.C4H7NO4.C4H4O2/c11-10-13-7-4(8(18)14-10)12-2-15(7)9-6(17)5(16)3(23-9)1-22-24(19,20)21;5-2(4(8)9)1-3(6)7;5-4-2-1-3-6-4/h2-3,5-6,9,16-17H,1H2,(H2,19,20,21)(H3,11,13,14,18);2H,1,5H2,(H,6,7)(H,8,9);1-3,5H/t3-,5-,6-,9-;2-;/m10./s1. The Balaban J connectivity index is 0.000000291. The van der Waals surface area contributed by atoms with E-state index in [0.29, 0.717) is 0 Å². The fourth-order valence-corrected chi connectivity index (χ4v) is 3.28. The lowest BCUT2D eigenvalue weighted by atomic mass is 10.1. The van der Waals surface area contributed by atoms with Gasteiger partial charge in [-0.25, -0.2) is 9.55 Å². The predicted octanol–water partition coefficient (Wildman–Crippen LogP) is -2.71. The lowest BCUT2D eigenvalue weighted by Gasteiger charge is -2.16. The number of nitrogens with one attached hydrogen (secondary N) is 1. The summed E-state index contributed by atoms with van der Waals surface area (Å²) in [4.78, 5) is 58.8. The van der Waals surface area contributed by atoms with Crippen LogP contribution in [0.1, 0.15) is 12.6 Å². The molecule has 12 N–H and O–H groups in total. The summed E-state index contributed by atoms with van der Waals surface area (Å²) in [6.07, 6.45) is -3.34. The Kier molecular flexibility index (Phi) is 10.7. The number of aromatic nitrogens is 4. The first-order chi connectivity index (χ1) is 18.1. The molecule has 1 fully saturated rings. The van der Waals surface area contributed by atoms with E-state index in [4.69, 9.17) is 41.3 Å². The number of ether oxygens (including phenoxy) is 1. The van der Waals surface area contributed by atoms with Gasteiger partial charge in [0.1, 0.15) is 24.4 Å². The molecule has 0 aromatic carbocycles. The van der Waals surface area contributed by atoms with Crippen molar-refractivity contribution in [3.8, 4) is 5.95 Å². The van der Waals surface area contributed by atoms with E-state index >= 15 is 0 Å². The number of aliphatic hydroxyl groups excluding tert-OH is 2. The Bertz CT molecular complexity index is 1350. The molecule has 0 amide bonds. The average Bonchev–Trinajstić information content (AvgIpc) is 3.53. The molecule has 0 unspecified atom stereocenters. The predicted molar refractivity (Wildman–Crippen MR) is 125 cm³/mol. The number of aliphatic carboxylic acids is 2. The van der Waals surface area contributed by atoms with E-state index in [1.165, 1.54) is 23.2 Å². The Labute approximate surface area is 216 Å². The molecule has 1 saturated heterocycles. The normalized spacial score (nSPS) is 21.4. The number of phosphoric ester groups is 1. The van der Waals surface area contributed by atoms with Crippen LogP contribution >= 0.6 is 7.82 Å². The first-order valence-corrected chi connectivity index (χ1v) is 12.0. The number of aliphatic hydroxyl groups is 2. The van der Waals surface area contributed by atoms with E-state index in [2.05, 4.69) is 23.9 Å². The minimum Gasteiger partial charge on any atom is -0.481 e. The van der Waals surface area contributed by atoms with Crippen LogP contribution in [0.3, 0.4) is 0 Å². The number of aromatic amines is 1. The zero-order chi connectivity index (χ0) is 29.5. The Hall–Kier alpha value is -3.88. The maximum Gasteiger partial charge on any atom is 0.469 e. The molecule has 0 aliphatic carbocycles. The number of carboxylic acid groups (broad SMARTS) is 2. The topological polar surface area (TPSA) is 340 Å². The van der Waals surface area contributed by atoms with Gasteiger partial charge in [-0.2, -0.15) is 4.98 Å². The van der Waals surface area contributed by atoms with Crippen molar-refractivity contribution in [1.29, 1.82) is 0 Å². The molecule has 21 heteroatoms. The van der Waals surface area contributed by atoms with Gasteiger partial charge in [-0.3, -0.25) is 28.5 Å². The fourth-order valence-electron chi connectivity index (χ4n) is 2.94.